The van der Waals surface area contributed by atoms with E-state index in [1.807, 2.05) is 24.3 Å². The fourth-order valence-corrected chi connectivity index (χ4v) is 3.79. The Balaban J connectivity index is 1.19. The van der Waals surface area contributed by atoms with Gasteiger partial charge in [0.15, 0.2) is 5.82 Å². The Morgan fingerprint density at radius 1 is 1.00 bits per heavy atom. The van der Waals surface area contributed by atoms with Crippen molar-refractivity contribution in [3.8, 4) is 5.88 Å². The van der Waals surface area contributed by atoms with Crippen molar-refractivity contribution in [3.63, 3.8) is 0 Å². The number of fused-ring (bicyclic) bond motifs is 1. The third-order valence-electron chi connectivity index (χ3n) is 5.39. The lowest BCUT2D eigenvalue weighted by molar-refractivity contribution is 0.103. The molecule has 1 aliphatic carbocycles. The summed E-state index contributed by atoms with van der Waals surface area (Å²) in [6.07, 6.45) is 5.48. The highest BCUT2D eigenvalue weighted by atomic mass is 16.5. The van der Waals surface area contributed by atoms with Crippen LogP contribution in [0.25, 0.3) is 10.9 Å². The average Bonchev–Trinajstić information content (AvgIpc) is 2.73. The second kappa shape index (κ2) is 7.59. The molecule has 1 saturated heterocycles. The zero-order valence-electron chi connectivity index (χ0n) is 15.7. The number of pyridine rings is 1. The minimum absolute atomic E-state index is 0.163. The maximum atomic E-state index is 6.18. The number of hydrogen-bond acceptors (Lipinski definition) is 7. The highest BCUT2D eigenvalue weighted by Crippen LogP contribution is 2.31. The predicted octanol–water partition coefficient (Wildman–Crippen LogP) is 2.46. The molecule has 0 unspecified atom stereocenters. The minimum atomic E-state index is 0.163. The molecule has 3 aromatic rings. The van der Waals surface area contributed by atoms with E-state index in [1.165, 1.54) is 0 Å². The molecule has 0 spiro atoms. The van der Waals surface area contributed by atoms with Crippen LogP contribution in [-0.4, -0.2) is 53.3 Å². The standard InChI is InChI=1S/C21H24N6O/c1-2-4-18-15(3-1)5-6-19(26-18)25-16-13-17(14-16)28-21-20(23-7-8-24-21)27-11-9-22-10-12-27/h1-8,16-17,22H,9-14H2,(H,25,26)/t16-,17+. The van der Waals surface area contributed by atoms with Gasteiger partial charge in [0.25, 0.3) is 5.88 Å². The SMILES string of the molecule is c1ccc2nc(N[C@H]3C[C@@H](Oc4nccnc4N4CCNCC4)C3)ccc2c1. The number of hydrogen-bond donors (Lipinski definition) is 2. The summed E-state index contributed by atoms with van der Waals surface area (Å²) < 4.78 is 6.18. The minimum Gasteiger partial charge on any atom is -0.472 e. The highest BCUT2D eigenvalue weighted by Gasteiger charge is 2.32. The Bertz CT molecular complexity index is 952. The number of aromatic nitrogens is 3. The summed E-state index contributed by atoms with van der Waals surface area (Å²) in [6, 6.07) is 12.7. The predicted molar refractivity (Wildman–Crippen MR) is 110 cm³/mol. The van der Waals surface area contributed by atoms with E-state index >= 15 is 0 Å². The summed E-state index contributed by atoms with van der Waals surface area (Å²) in [6.45, 7) is 3.78. The number of rotatable bonds is 5. The molecule has 2 N–H and O–H groups in total. The molecular weight excluding hydrogens is 352 g/mol. The third-order valence-corrected chi connectivity index (χ3v) is 5.39. The molecule has 2 aliphatic rings. The summed E-state index contributed by atoms with van der Waals surface area (Å²) in [5.41, 5.74) is 1.01. The molecule has 0 radical (unpaired) electrons. The van der Waals surface area contributed by atoms with Crippen molar-refractivity contribution in [2.75, 3.05) is 36.4 Å². The quantitative estimate of drug-likeness (QED) is 0.708. The van der Waals surface area contributed by atoms with Gasteiger partial charge >= 0.3 is 0 Å². The zero-order chi connectivity index (χ0) is 18.8. The van der Waals surface area contributed by atoms with Gasteiger partial charge in [-0.1, -0.05) is 18.2 Å². The molecule has 7 heteroatoms. The lowest BCUT2D eigenvalue weighted by Crippen LogP contribution is -2.45. The topological polar surface area (TPSA) is 75.2 Å². The molecule has 3 heterocycles. The van der Waals surface area contributed by atoms with Gasteiger partial charge in [0.05, 0.1) is 5.52 Å². The monoisotopic (exact) mass is 376 g/mol. The molecule has 1 saturated carbocycles. The first kappa shape index (κ1) is 17.2. The molecule has 0 bridgehead atoms. The average molecular weight is 376 g/mol. The largest absolute Gasteiger partial charge is 0.472 e. The fourth-order valence-electron chi connectivity index (χ4n) is 3.79. The van der Waals surface area contributed by atoms with E-state index in [1.54, 1.807) is 12.4 Å². The van der Waals surface area contributed by atoms with Crippen LogP contribution in [0.2, 0.25) is 0 Å². The summed E-state index contributed by atoms with van der Waals surface area (Å²) in [4.78, 5) is 15.9. The van der Waals surface area contributed by atoms with Crippen LogP contribution in [0, 0.1) is 0 Å². The lowest BCUT2D eigenvalue weighted by Gasteiger charge is -2.37. The van der Waals surface area contributed by atoms with E-state index in [2.05, 4.69) is 37.6 Å². The van der Waals surface area contributed by atoms with E-state index in [4.69, 9.17) is 9.72 Å². The van der Waals surface area contributed by atoms with Gasteiger partial charge < -0.3 is 20.3 Å². The van der Waals surface area contributed by atoms with Crippen molar-refractivity contribution in [1.29, 1.82) is 0 Å². The van der Waals surface area contributed by atoms with E-state index in [0.29, 0.717) is 11.9 Å². The number of anilines is 2. The number of benzene rings is 1. The van der Waals surface area contributed by atoms with Crippen molar-refractivity contribution in [1.82, 2.24) is 20.3 Å². The Morgan fingerprint density at radius 2 is 1.82 bits per heavy atom. The van der Waals surface area contributed by atoms with Crippen molar-refractivity contribution < 1.29 is 4.74 Å². The normalized spacial score (nSPS) is 21.9. The maximum absolute atomic E-state index is 6.18. The highest BCUT2D eigenvalue weighted by molar-refractivity contribution is 5.80. The molecular formula is C21H24N6O. The van der Waals surface area contributed by atoms with Gasteiger partial charge in [0, 0.05) is 62.8 Å². The van der Waals surface area contributed by atoms with Crippen LogP contribution in [0.5, 0.6) is 5.88 Å². The van der Waals surface area contributed by atoms with Crippen LogP contribution >= 0.6 is 0 Å². The van der Waals surface area contributed by atoms with Crippen LogP contribution < -0.4 is 20.3 Å². The number of ether oxygens (including phenoxy) is 1. The van der Waals surface area contributed by atoms with E-state index in [-0.39, 0.29) is 6.10 Å². The first-order valence-electron chi connectivity index (χ1n) is 9.91. The van der Waals surface area contributed by atoms with Crippen molar-refractivity contribution in [2.45, 2.75) is 25.0 Å². The summed E-state index contributed by atoms with van der Waals surface area (Å²) >= 11 is 0. The molecule has 1 aromatic carbocycles. The van der Waals surface area contributed by atoms with Crippen LogP contribution in [0.15, 0.2) is 48.8 Å². The molecule has 1 aliphatic heterocycles. The van der Waals surface area contributed by atoms with Crippen LogP contribution in [0.1, 0.15) is 12.8 Å². The van der Waals surface area contributed by atoms with Gasteiger partial charge in [-0.15, -0.1) is 0 Å². The van der Waals surface area contributed by atoms with Crippen molar-refractivity contribution in [2.24, 2.45) is 0 Å². The van der Waals surface area contributed by atoms with Gasteiger partial charge in [0.2, 0.25) is 0 Å². The molecule has 2 fully saturated rings. The first-order chi connectivity index (χ1) is 13.8. The van der Waals surface area contributed by atoms with Crippen LogP contribution in [0.4, 0.5) is 11.6 Å². The molecule has 0 atom stereocenters. The summed E-state index contributed by atoms with van der Waals surface area (Å²) in [5, 5.41) is 8.04. The Kier molecular flexibility index (Phi) is 4.66. The van der Waals surface area contributed by atoms with Gasteiger partial charge in [0.1, 0.15) is 11.9 Å². The maximum Gasteiger partial charge on any atom is 0.257 e. The molecule has 7 nitrogen and oxygen atoms in total. The number of nitrogens with zero attached hydrogens (tertiary/aromatic N) is 4. The lowest BCUT2D eigenvalue weighted by atomic mass is 9.89. The second-order valence-corrected chi connectivity index (χ2v) is 7.36. The van der Waals surface area contributed by atoms with Gasteiger partial charge in [-0.25, -0.2) is 15.0 Å². The first-order valence-corrected chi connectivity index (χ1v) is 9.91. The second-order valence-electron chi connectivity index (χ2n) is 7.36. The van der Waals surface area contributed by atoms with Gasteiger partial charge in [-0.2, -0.15) is 0 Å². The van der Waals surface area contributed by atoms with Crippen LogP contribution in [0.3, 0.4) is 0 Å². The smallest absolute Gasteiger partial charge is 0.257 e. The van der Waals surface area contributed by atoms with E-state index in [0.717, 1.165) is 61.6 Å². The molecule has 5 rings (SSSR count). The zero-order valence-corrected chi connectivity index (χ0v) is 15.7. The molecule has 2 aromatic heterocycles. The third kappa shape index (κ3) is 3.57. The summed E-state index contributed by atoms with van der Waals surface area (Å²) in [5.74, 6) is 2.43. The van der Waals surface area contributed by atoms with Gasteiger partial charge in [-0.3, -0.25) is 0 Å². The Morgan fingerprint density at radius 3 is 2.71 bits per heavy atom. The van der Waals surface area contributed by atoms with E-state index in [9.17, 15) is 0 Å². The molecule has 0 amide bonds. The fraction of sp³-hybridized carbons (Fsp3) is 0.381. The Hall–Kier alpha value is -2.93. The molecule has 144 valence electrons. The van der Waals surface area contributed by atoms with Crippen molar-refractivity contribution in [3.05, 3.63) is 48.8 Å². The Labute approximate surface area is 164 Å². The number of piperazine rings is 1. The van der Waals surface area contributed by atoms with Crippen molar-refractivity contribution >= 4 is 22.5 Å². The summed E-state index contributed by atoms with van der Waals surface area (Å²) in [7, 11) is 0. The molecule has 28 heavy (non-hydrogen) atoms. The van der Waals surface area contributed by atoms with Gasteiger partial charge in [-0.05, 0) is 18.2 Å². The number of para-hydroxylation sites is 1. The van der Waals surface area contributed by atoms with E-state index < -0.39 is 0 Å². The van der Waals surface area contributed by atoms with Crippen LogP contribution in [-0.2, 0) is 0 Å². The number of nitrogens with one attached hydrogen (secondary N) is 2.